The summed E-state index contributed by atoms with van der Waals surface area (Å²) in [6.07, 6.45) is 0.959. The van der Waals surface area contributed by atoms with E-state index >= 15 is 0 Å². The highest BCUT2D eigenvalue weighted by atomic mass is 16.5. The Morgan fingerprint density at radius 2 is 1.35 bits per heavy atom. The van der Waals surface area contributed by atoms with Gasteiger partial charge in [-0.25, -0.2) is 0 Å². The molecule has 1 aliphatic heterocycles. The summed E-state index contributed by atoms with van der Waals surface area (Å²) >= 11 is 0. The van der Waals surface area contributed by atoms with E-state index in [1.807, 2.05) is 0 Å². The Kier molecular flexibility index (Phi) is 4.28. The molecule has 0 aromatic heterocycles. The molecule has 0 saturated carbocycles. The van der Waals surface area contributed by atoms with Crippen LogP contribution in [0.15, 0.2) is 103 Å². The van der Waals surface area contributed by atoms with Gasteiger partial charge in [0.2, 0.25) is 0 Å². The van der Waals surface area contributed by atoms with Gasteiger partial charge in [0.1, 0.15) is 11.9 Å². The number of hydrogen-bond donors (Lipinski definition) is 0. The Hall–Kier alpha value is -3.58. The van der Waals surface area contributed by atoms with Crippen LogP contribution in [0, 0.1) is 6.92 Å². The molecule has 0 amide bonds. The highest BCUT2D eigenvalue weighted by molar-refractivity contribution is 5.93. The molecule has 0 aliphatic carbocycles. The van der Waals surface area contributed by atoms with Crippen LogP contribution in [0.3, 0.4) is 0 Å². The molecule has 2 atom stereocenters. The van der Waals surface area contributed by atoms with E-state index in [4.69, 9.17) is 4.74 Å². The van der Waals surface area contributed by atoms with Crippen molar-refractivity contribution in [1.29, 1.82) is 0 Å². The first-order chi connectivity index (χ1) is 15.3. The Morgan fingerprint density at radius 3 is 2.19 bits per heavy atom. The molecule has 5 aromatic carbocycles. The van der Waals surface area contributed by atoms with Gasteiger partial charge in [-0.15, -0.1) is 0 Å². The lowest BCUT2D eigenvalue weighted by molar-refractivity contribution is 0.170. The average molecular weight is 401 g/mol. The van der Waals surface area contributed by atoms with Crippen LogP contribution in [0.25, 0.3) is 21.5 Å². The SMILES string of the molecule is Cc1cc2c(c3ccccc13)OC(c1ccc3ccccc3c1)CC2c1ccccc1. The fourth-order valence-corrected chi connectivity index (χ4v) is 5.09. The van der Waals surface area contributed by atoms with Crippen molar-refractivity contribution in [1.82, 2.24) is 0 Å². The first-order valence-electron chi connectivity index (χ1n) is 11.0. The molecule has 5 aromatic rings. The van der Waals surface area contributed by atoms with Crippen LogP contribution >= 0.6 is 0 Å². The predicted octanol–water partition coefficient (Wildman–Crippen LogP) is 7.96. The van der Waals surface area contributed by atoms with Crippen molar-refractivity contribution in [3.63, 3.8) is 0 Å². The number of aryl methyl sites for hydroxylation is 1. The Morgan fingerprint density at radius 1 is 0.645 bits per heavy atom. The Bertz CT molecular complexity index is 1400. The molecule has 1 aliphatic rings. The molecule has 31 heavy (non-hydrogen) atoms. The van der Waals surface area contributed by atoms with Crippen molar-refractivity contribution in [2.75, 3.05) is 0 Å². The Balaban J connectivity index is 1.55. The molecule has 0 radical (unpaired) electrons. The van der Waals surface area contributed by atoms with Crippen LogP contribution in [-0.4, -0.2) is 0 Å². The van der Waals surface area contributed by atoms with Crippen LogP contribution in [0.5, 0.6) is 5.75 Å². The normalized spacial score (nSPS) is 18.0. The molecule has 1 nitrogen and oxygen atoms in total. The van der Waals surface area contributed by atoms with Crippen molar-refractivity contribution in [2.24, 2.45) is 0 Å². The fraction of sp³-hybridized carbons (Fsp3) is 0.133. The summed E-state index contributed by atoms with van der Waals surface area (Å²) in [6, 6.07) is 37.1. The molecule has 1 heterocycles. The summed E-state index contributed by atoms with van der Waals surface area (Å²) < 4.78 is 6.79. The summed E-state index contributed by atoms with van der Waals surface area (Å²) in [5, 5.41) is 5.01. The van der Waals surface area contributed by atoms with Gasteiger partial charge in [-0.3, -0.25) is 0 Å². The van der Waals surface area contributed by atoms with E-state index in [2.05, 4.69) is 110 Å². The third kappa shape index (κ3) is 3.09. The van der Waals surface area contributed by atoms with Crippen molar-refractivity contribution < 1.29 is 4.74 Å². The topological polar surface area (TPSA) is 9.23 Å². The van der Waals surface area contributed by atoms with E-state index in [9.17, 15) is 0 Å². The van der Waals surface area contributed by atoms with E-state index in [1.54, 1.807) is 0 Å². The summed E-state index contributed by atoms with van der Waals surface area (Å²) in [7, 11) is 0. The van der Waals surface area contributed by atoms with Gasteiger partial charge in [0, 0.05) is 16.9 Å². The van der Waals surface area contributed by atoms with Crippen molar-refractivity contribution in [3.8, 4) is 5.75 Å². The lowest BCUT2D eigenvalue weighted by atomic mass is 9.80. The number of rotatable bonds is 2. The number of fused-ring (bicyclic) bond motifs is 4. The second kappa shape index (κ2) is 7.28. The summed E-state index contributed by atoms with van der Waals surface area (Å²) in [5.74, 6) is 1.35. The highest BCUT2D eigenvalue weighted by Gasteiger charge is 2.32. The van der Waals surface area contributed by atoms with Gasteiger partial charge in [-0.05, 0) is 52.3 Å². The van der Waals surface area contributed by atoms with E-state index in [1.165, 1.54) is 43.8 Å². The lowest BCUT2D eigenvalue weighted by Gasteiger charge is -2.34. The number of benzene rings is 5. The molecule has 0 saturated heterocycles. The van der Waals surface area contributed by atoms with Gasteiger partial charge in [0.05, 0.1) is 0 Å². The standard InChI is InChI=1S/C30H24O/c1-20-17-28-27(22-10-3-2-4-11-22)19-29(31-30(28)26-14-8-7-13-25(20)26)24-16-15-21-9-5-6-12-23(21)18-24/h2-18,27,29H,19H2,1H3. The molecule has 0 bridgehead atoms. The minimum absolute atomic E-state index is 0.0217. The predicted molar refractivity (Wildman–Crippen MR) is 129 cm³/mol. The van der Waals surface area contributed by atoms with Crippen LogP contribution in [-0.2, 0) is 0 Å². The quantitative estimate of drug-likeness (QED) is 0.292. The zero-order chi connectivity index (χ0) is 20.8. The first-order valence-corrected chi connectivity index (χ1v) is 11.0. The van der Waals surface area contributed by atoms with Gasteiger partial charge in [-0.2, -0.15) is 0 Å². The average Bonchev–Trinajstić information content (AvgIpc) is 2.84. The molecular formula is C30H24O. The van der Waals surface area contributed by atoms with E-state index in [0.29, 0.717) is 5.92 Å². The van der Waals surface area contributed by atoms with E-state index in [-0.39, 0.29) is 6.10 Å². The largest absolute Gasteiger partial charge is 0.485 e. The van der Waals surface area contributed by atoms with Crippen molar-refractivity contribution in [3.05, 3.63) is 125 Å². The third-order valence-corrected chi connectivity index (χ3v) is 6.66. The second-order valence-corrected chi connectivity index (χ2v) is 8.57. The minimum atomic E-state index is 0.0217. The number of ether oxygens (including phenoxy) is 1. The fourth-order valence-electron chi connectivity index (χ4n) is 5.09. The zero-order valence-corrected chi connectivity index (χ0v) is 17.6. The third-order valence-electron chi connectivity index (χ3n) is 6.66. The van der Waals surface area contributed by atoms with Crippen LogP contribution in [0.1, 0.15) is 40.7 Å². The molecule has 2 unspecified atom stereocenters. The summed E-state index contributed by atoms with van der Waals surface area (Å²) in [4.78, 5) is 0. The summed E-state index contributed by atoms with van der Waals surface area (Å²) in [5.41, 5.74) is 5.21. The van der Waals surface area contributed by atoms with E-state index < -0.39 is 0 Å². The maximum absolute atomic E-state index is 6.79. The molecule has 150 valence electrons. The van der Waals surface area contributed by atoms with Gasteiger partial charge in [-0.1, -0.05) is 97.1 Å². The van der Waals surface area contributed by atoms with Gasteiger partial charge < -0.3 is 4.74 Å². The maximum atomic E-state index is 6.79. The van der Waals surface area contributed by atoms with Crippen molar-refractivity contribution in [2.45, 2.75) is 25.4 Å². The molecule has 6 rings (SSSR count). The minimum Gasteiger partial charge on any atom is -0.485 e. The zero-order valence-electron chi connectivity index (χ0n) is 17.6. The molecule has 0 N–H and O–H groups in total. The maximum Gasteiger partial charge on any atom is 0.131 e. The van der Waals surface area contributed by atoms with Crippen LogP contribution in [0.2, 0.25) is 0 Å². The molecule has 1 heteroatoms. The lowest BCUT2D eigenvalue weighted by Crippen LogP contribution is -2.20. The first kappa shape index (κ1) is 18.2. The Labute approximate surface area is 182 Å². The highest BCUT2D eigenvalue weighted by Crippen LogP contribution is 2.49. The molecule has 0 fully saturated rings. The molecule has 0 spiro atoms. The monoisotopic (exact) mass is 400 g/mol. The van der Waals surface area contributed by atoms with Gasteiger partial charge in [0.15, 0.2) is 0 Å². The van der Waals surface area contributed by atoms with E-state index in [0.717, 1.165) is 12.2 Å². The van der Waals surface area contributed by atoms with Crippen LogP contribution in [0.4, 0.5) is 0 Å². The number of hydrogen-bond acceptors (Lipinski definition) is 1. The van der Waals surface area contributed by atoms with Gasteiger partial charge >= 0.3 is 0 Å². The second-order valence-electron chi connectivity index (χ2n) is 8.57. The molecular weight excluding hydrogens is 376 g/mol. The summed E-state index contributed by atoms with van der Waals surface area (Å²) in [6.45, 7) is 2.21. The smallest absolute Gasteiger partial charge is 0.131 e. The van der Waals surface area contributed by atoms with Crippen LogP contribution < -0.4 is 4.74 Å². The van der Waals surface area contributed by atoms with Gasteiger partial charge in [0.25, 0.3) is 0 Å². The van der Waals surface area contributed by atoms with Crippen molar-refractivity contribution >= 4 is 21.5 Å².